The van der Waals surface area contributed by atoms with Crippen molar-refractivity contribution >= 4 is 61.3 Å². The largest absolute Gasteiger partial charge is 0.398 e. The number of thiazole rings is 1. The summed E-state index contributed by atoms with van der Waals surface area (Å²) >= 11 is 6.40. The lowest BCUT2D eigenvalue weighted by atomic mass is 10.1. The van der Waals surface area contributed by atoms with Crippen molar-refractivity contribution in [1.82, 2.24) is 15.6 Å². The minimum atomic E-state index is -3.60. The molecule has 0 spiro atoms. The van der Waals surface area contributed by atoms with E-state index in [0.29, 0.717) is 0 Å². The van der Waals surface area contributed by atoms with Gasteiger partial charge in [0.05, 0.1) is 0 Å². The van der Waals surface area contributed by atoms with Gasteiger partial charge in [-0.25, -0.2) is 13.4 Å². The second-order valence-corrected chi connectivity index (χ2v) is 8.34. The first-order valence-corrected chi connectivity index (χ1v) is 10.3. The van der Waals surface area contributed by atoms with Crippen molar-refractivity contribution in [2.75, 3.05) is 24.6 Å². The molecule has 1 aromatic heterocycles. The van der Waals surface area contributed by atoms with Crippen molar-refractivity contribution in [2.45, 2.75) is 11.4 Å². The Morgan fingerprint density at radius 3 is 2.73 bits per heavy atom. The van der Waals surface area contributed by atoms with Crippen LogP contribution in [0.4, 0.5) is 5.13 Å². The first-order valence-electron chi connectivity index (χ1n) is 6.90. The van der Waals surface area contributed by atoms with Gasteiger partial charge < -0.3 is 20.8 Å². The van der Waals surface area contributed by atoms with Crippen molar-refractivity contribution in [2.24, 2.45) is 5.16 Å². The van der Waals surface area contributed by atoms with Crippen LogP contribution in [0.1, 0.15) is 5.69 Å². The highest BCUT2D eigenvalue weighted by molar-refractivity contribution is 7.91. The number of halogens is 1. The molecule has 2 atom stereocenters. The van der Waals surface area contributed by atoms with Crippen LogP contribution in [0.15, 0.2) is 10.5 Å². The van der Waals surface area contributed by atoms with E-state index in [0.717, 1.165) is 17.6 Å². The van der Waals surface area contributed by atoms with Crippen LogP contribution >= 0.6 is 22.9 Å². The second-order valence-electron chi connectivity index (χ2n) is 5.05. The van der Waals surface area contributed by atoms with Crippen molar-refractivity contribution < 1.29 is 27.6 Å². The van der Waals surface area contributed by atoms with Crippen molar-refractivity contribution in [3.8, 4) is 0 Å². The van der Waals surface area contributed by atoms with Gasteiger partial charge in [0.1, 0.15) is 24.7 Å². The minimum Gasteiger partial charge on any atom is -0.398 e. The van der Waals surface area contributed by atoms with Crippen molar-refractivity contribution in [3.63, 3.8) is 0 Å². The third kappa shape index (κ3) is 4.47. The molecule has 3 N–H and O–H groups in total. The highest BCUT2D eigenvalue weighted by atomic mass is 35.5. The SMILES string of the molecule is CON=C(C(=O)N[C@@H]1C(=O)N[C@@H]1S(C)(=O)=O)c1csc(NC(=O)CCl)n1. The molecule has 1 aromatic rings. The molecule has 0 saturated carbocycles. The number of carbonyl (C=O) groups excluding carboxylic acids is 3. The Morgan fingerprint density at radius 1 is 1.50 bits per heavy atom. The molecule has 0 aromatic carbocycles. The van der Waals surface area contributed by atoms with E-state index in [1.54, 1.807) is 0 Å². The number of alkyl halides is 1. The summed E-state index contributed by atoms with van der Waals surface area (Å²) in [4.78, 5) is 43.9. The van der Waals surface area contributed by atoms with E-state index in [2.05, 4.69) is 30.9 Å². The van der Waals surface area contributed by atoms with Gasteiger partial charge in [-0.2, -0.15) is 0 Å². The van der Waals surface area contributed by atoms with Gasteiger partial charge in [-0.1, -0.05) is 5.16 Å². The fourth-order valence-corrected chi connectivity index (χ4v) is 3.74. The molecule has 0 radical (unpaired) electrons. The lowest BCUT2D eigenvalue weighted by Gasteiger charge is -2.35. The van der Waals surface area contributed by atoms with Crippen LogP contribution < -0.4 is 16.0 Å². The summed E-state index contributed by atoms with van der Waals surface area (Å²) in [5, 5.41) is 10.8. The topological polar surface area (TPSA) is 156 Å². The molecule has 2 rings (SSSR count). The molecule has 142 valence electrons. The second kappa shape index (κ2) is 7.97. The van der Waals surface area contributed by atoms with Crippen LogP contribution in [0, 0.1) is 0 Å². The number of hydrogen-bond acceptors (Lipinski definition) is 9. The van der Waals surface area contributed by atoms with E-state index in [9.17, 15) is 22.8 Å². The number of nitrogens with zero attached hydrogens (tertiary/aromatic N) is 2. The Labute approximate surface area is 157 Å². The summed E-state index contributed by atoms with van der Waals surface area (Å²) in [6.45, 7) is 0. The average molecular weight is 424 g/mol. The van der Waals surface area contributed by atoms with E-state index in [-0.39, 0.29) is 22.4 Å². The molecule has 3 amide bonds. The lowest BCUT2D eigenvalue weighted by molar-refractivity contribution is -0.132. The van der Waals surface area contributed by atoms with E-state index in [1.165, 1.54) is 12.5 Å². The van der Waals surface area contributed by atoms with Gasteiger partial charge in [-0.05, 0) is 0 Å². The predicted octanol–water partition coefficient (Wildman–Crippen LogP) is -1.34. The molecule has 0 unspecified atom stereocenters. The summed E-state index contributed by atoms with van der Waals surface area (Å²) in [7, 11) is -2.40. The number of sulfone groups is 1. The summed E-state index contributed by atoms with van der Waals surface area (Å²) < 4.78 is 23.1. The Hall–Kier alpha value is -2.25. The van der Waals surface area contributed by atoms with Gasteiger partial charge in [-0.3, -0.25) is 14.4 Å². The number of carbonyl (C=O) groups is 3. The van der Waals surface area contributed by atoms with E-state index in [1.807, 2.05) is 0 Å². The van der Waals surface area contributed by atoms with Gasteiger partial charge >= 0.3 is 0 Å². The van der Waals surface area contributed by atoms with Crippen LogP contribution in [-0.4, -0.2) is 67.5 Å². The number of anilines is 1. The van der Waals surface area contributed by atoms with Gasteiger partial charge in [0.2, 0.25) is 11.8 Å². The Bertz CT molecular complexity index is 867. The summed E-state index contributed by atoms with van der Waals surface area (Å²) in [5.41, 5.74) is -0.225. The Kier molecular flexibility index (Phi) is 6.15. The van der Waals surface area contributed by atoms with E-state index >= 15 is 0 Å². The molecule has 2 heterocycles. The fraction of sp³-hybridized carbons (Fsp3) is 0.417. The molecule has 1 fully saturated rings. The molecule has 0 bridgehead atoms. The molecule has 0 aliphatic carbocycles. The molecule has 1 aliphatic rings. The predicted molar refractivity (Wildman–Crippen MR) is 93.7 cm³/mol. The molecule has 26 heavy (non-hydrogen) atoms. The number of oxime groups is 1. The number of nitrogens with one attached hydrogen (secondary N) is 3. The van der Waals surface area contributed by atoms with Gasteiger partial charge in [0.25, 0.3) is 5.91 Å². The van der Waals surface area contributed by atoms with Crippen LogP contribution in [0.2, 0.25) is 0 Å². The van der Waals surface area contributed by atoms with Crippen molar-refractivity contribution in [1.29, 1.82) is 0 Å². The number of aromatic nitrogens is 1. The lowest BCUT2D eigenvalue weighted by Crippen LogP contribution is -2.71. The normalized spacial score (nSPS) is 20.0. The summed E-state index contributed by atoms with van der Waals surface area (Å²) in [6.07, 6.45) is 0.937. The Morgan fingerprint density at radius 2 is 2.19 bits per heavy atom. The molecular formula is C12H14ClN5O6S2. The van der Waals surface area contributed by atoms with Crippen LogP contribution in [0.3, 0.4) is 0 Å². The molecule has 14 heteroatoms. The highest BCUT2D eigenvalue weighted by Gasteiger charge is 2.47. The molecular weight excluding hydrogens is 410 g/mol. The average Bonchev–Trinajstić information content (AvgIpc) is 3.01. The first-order chi connectivity index (χ1) is 12.2. The van der Waals surface area contributed by atoms with Crippen LogP contribution in [0.5, 0.6) is 0 Å². The third-order valence-corrected chi connectivity index (χ3v) is 5.44. The maximum absolute atomic E-state index is 12.4. The zero-order valence-electron chi connectivity index (χ0n) is 13.5. The zero-order valence-corrected chi connectivity index (χ0v) is 15.9. The van der Waals surface area contributed by atoms with Gasteiger partial charge in [0, 0.05) is 11.6 Å². The summed E-state index contributed by atoms with van der Waals surface area (Å²) in [5.74, 6) is -2.25. The van der Waals surface area contributed by atoms with Crippen LogP contribution in [0.25, 0.3) is 0 Å². The zero-order chi connectivity index (χ0) is 19.5. The summed E-state index contributed by atoms with van der Waals surface area (Å²) in [6, 6.07) is -1.26. The molecule has 1 aliphatic heterocycles. The molecule has 1 saturated heterocycles. The van der Waals surface area contributed by atoms with Gasteiger partial charge in [0.15, 0.2) is 26.1 Å². The van der Waals surface area contributed by atoms with Gasteiger partial charge in [-0.15, -0.1) is 22.9 Å². The van der Waals surface area contributed by atoms with E-state index < -0.39 is 39.0 Å². The number of hydrogen-bond donors (Lipinski definition) is 3. The Balaban J connectivity index is 2.17. The monoisotopic (exact) mass is 423 g/mol. The maximum Gasteiger partial charge on any atom is 0.276 e. The van der Waals surface area contributed by atoms with Crippen LogP contribution in [-0.2, 0) is 29.1 Å². The first kappa shape index (κ1) is 20.1. The number of β-lactam (4-membered cyclic amide) rings is 1. The minimum absolute atomic E-state index is 0.0647. The van der Waals surface area contributed by atoms with Crippen molar-refractivity contribution in [3.05, 3.63) is 11.1 Å². The van der Waals surface area contributed by atoms with E-state index in [4.69, 9.17) is 11.6 Å². The number of rotatable bonds is 7. The standard InChI is InChI=1S/C12H14ClN5O6S2/c1-24-18-7(5-4-25-12(14-5)15-6(19)3-13)9(20)16-8-10(21)17-11(8)26(2,22)23/h4,8,11H,3H2,1-2H3,(H,16,20)(H,17,21)(H,14,15,19)/t8-,11-/m1/s1. The molecule has 11 nitrogen and oxygen atoms in total. The number of amides is 3. The quantitative estimate of drug-likeness (QED) is 0.212. The third-order valence-electron chi connectivity index (χ3n) is 3.13. The smallest absolute Gasteiger partial charge is 0.276 e. The maximum atomic E-state index is 12.4. The fourth-order valence-electron chi connectivity index (χ4n) is 1.95. The highest BCUT2D eigenvalue weighted by Crippen LogP contribution is 2.17.